The summed E-state index contributed by atoms with van der Waals surface area (Å²) in [5, 5.41) is 0. The average molecular weight is 335 g/mol. The van der Waals surface area contributed by atoms with E-state index in [9.17, 15) is 4.79 Å². The van der Waals surface area contributed by atoms with Crippen molar-refractivity contribution in [3.8, 4) is 0 Å². The van der Waals surface area contributed by atoms with Gasteiger partial charge in [0.15, 0.2) is 0 Å². The largest absolute Gasteiger partial charge is 0.381 e. The molecule has 0 aliphatic carbocycles. The first-order valence-corrected chi connectivity index (χ1v) is 6.46. The van der Waals surface area contributed by atoms with E-state index in [0.717, 1.165) is 12.1 Å². The number of carbonyl (C=O) groups is 1. The number of benzene rings is 1. The van der Waals surface area contributed by atoms with Gasteiger partial charge in [0.1, 0.15) is 0 Å². The molecule has 1 amide bonds. The Hall–Kier alpha value is -0.246. The van der Waals surface area contributed by atoms with Crippen LogP contribution < -0.4 is 4.90 Å². The normalized spacial score (nSPS) is 18.2. The topological polar surface area (TPSA) is 29.5 Å². The molecule has 1 fully saturated rings. The van der Waals surface area contributed by atoms with Gasteiger partial charge < -0.3 is 9.64 Å². The third-order valence-corrected chi connectivity index (χ3v) is 3.44. The van der Waals surface area contributed by atoms with E-state index in [1.165, 1.54) is 5.56 Å². The predicted octanol–water partition coefficient (Wildman–Crippen LogP) is 2.61. The van der Waals surface area contributed by atoms with Crippen LogP contribution in [0.4, 0.5) is 5.69 Å². The fourth-order valence-electron chi connectivity index (χ4n) is 2.13. The van der Waals surface area contributed by atoms with Gasteiger partial charge in [0.25, 0.3) is 0 Å². The summed E-state index contributed by atoms with van der Waals surface area (Å²) >= 11 is 0. The molecule has 1 saturated heterocycles. The van der Waals surface area contributed by atoms with E-state index in [0.29, 0.717) is 19.1 Å². The van der Waals surface area contributed by atoms with Gasteiger partial charge in [-0.05, 0) is 12.3 Å². The Morgan fingerprint density at radius 3 is 2.68 bits per heavy atom. The molecule has 4 heteroatoms. The summed E-state index contributed by atoms with van der Waals surface area (Å²) in [7, 11) is 1.82. The first kappa shape index (κ1) is 16.8. The second-order valence-corrected chi connectivity index (χ2v) is 5.11. The molecule has 0 spiro atoms. The number of amides is 1. The molecule has 1 aliphatic rings. The summed E-state index contributed by atoms with van der Waals surface area (Å²) in [5.41, 5.74) is 2.07. The second kappa shape index (κ2) is 7.51. The molecule has 1 atom stereocenters. The summed E-state index contributed by atoms with van der Waals surface area (Å²) in [6.45, 7) is 5.52. The quantitative estimate of drug-likeness (QED) is 0.795. The third-order valence-electron chi connectivity index (χ3n) is 3.44. The van der Waals surface area contributed by atoms with Crippen LogP contribution in [-0.4, -0.2) is 26.2 Å². The van der Waals surface area contributed by atoms with Crippen molar-refractivity contribution in [1.29, 1.82) is 0 Å². The van der Waals surface area contributed by atoms with Gasteiger partial charge in [0.05, 0.1) is 12.5 Å². The fourth-order valence-corrected chi connectivity index (χ4v) is 2.13. The van der Waals surface area contributed by atoms with Gasteiger partial charge in [0.2, 0.25) is 5.91 Å². The Morgan fingerprint density at radius 2 is 2.21 bits per heavy atom. The van der Waals surface area contributed by atoms with Crippen LogP contribution in [0.15, 0.2) is 18.2 Å². The maximum absolute atomic E-state index is 12.2. The van der Waals surface area contributed by atoms with E-state index in [4.69, 9.17) is 4.74 Å². The standard InChI is InChI=1S/C15H20NO2.Y/c1-11(2)12-4-6-14(7-5-12)16(3)15(17)13-8-9-18-10-13;/h4,6-7,11,13H,8-10H2,1-3H3;/q-1;. The molecule has 0 saturated carbocycles. The molecule has 1 aromatic carbocycles. The molecule has 0 bridgehead atoms. The van der Waals surface area contributed by atoms with E-state index in [1.807, 2.05) is 25.2 Å². The molecule has 19 heavy (non-hydrogen) atoms. The third kappa shape index (κ3) is 4.11. The predicted molar refractivity (Wildman–Crippen MR) is 71.7 cm³/mol. The minimum atomic E-state index is 0. The molecular weight excluding hydrogens is 315 g/mol. The first-order valence-electron chi connectivity index (χ1n) is 6.46. The number of carbonyl (C=O) groups excluding carboxylic acids is 1. The molecule has 0 aromatic heterocycles. The molecule has 2 rings (SSSR count). The number of anilines is 1. The zero-order valence-electron chi connectivity index (χ0n) is 11.8. The van der Waals surface area contributed by atoms with Crippen molar-refractivity contribution >= 4 is 11.6 Å². The van der Waals surface area contributed by atoms with Gasteiger partial charge in [-0.3, -0.25) is 4.79 Å². The minimum Gasteiger partial charge on any atom is -0.381 e. The van der Waals surface area contributed by atoms with Crippen LogP contribution in [-0.2, 0) is 42.2 Å². The monoisotopic (exact) mass is 335 g/mol. The molecule has 1 heterocycles. The van der Waals surface area contributed by atoms with Crippen molar-refractivity contribution in [1.82, 2.24) is 0 Å². The van der Waals surface area contributed by atoms with Crippen LogP contribution >= 0.6 is 0 Å². The average Bonchev–Trinajstić information content (AvgIpc) is 2.91. The summed E-state index contributed by atoms with van der Waals surface area (Å²) in [6.07, 6.45) is 0.830. The van der Waals surface area contributed by atoms with Gasteiger partial charge in [0, 0.05) is 46.4 Å². The molecule has 1 radical (unpaired) electrons. The van der Waals surface area contributed by atoms with Crippen molar-refractivity contribution < 1.29 is 42.2 Å². The number of rotatable bonds is 3. The maximum Gasteiger partial charge on any atom is 0.221 e. The smallest absolute Gasteiger partial charge is 0.221 e. The molecule has 1 aliphatic heterocycles. The summed E-state index contributed by atoms with van der Waals surface area (Å²) in [5.74, 6) is 0.612. The maximum atomic E-state index is 12.2. The zero-order valence-corrected chi connectivity index (χ0v) is 14.7. The Bertz CT molecular complexity index is 411. The van der Waals surface area contributed by atoms with Crippen LogP contribution in [0.2, 0.25) is 0 Å². The van der Waals surface area contributed by atoms with Crippen molar-refractivity contribution in [2.24, 2.45) is 5.92 Å². The van der Waals surface area contributed by atoms with Gasteiger partial charge in [-0.25, -0.2) is 0 Å². The Balaban J connectivity index is 0.00000180. The van der Waals surface area contributed by atoms with E-state index in [1.54, 1.807) is 4.90 Å². The summed E-state index contributed by atoms with van der Waals surface area (Å²) < 4.78 is 5.26. The van der Waals surface area contributed by atoms with Gasteiger partial charge in [-0.15, -0.1) is 6.07 Å². The molecule has 1 unspecified atom stereocenters. The number of ether oxygens (including phenoxy) is 1. The minimum absolute atomic E-state index is 0. The molecule has 101 valence electrons. The van der Waals surface area contributed by atoms with E-state index < -0.39 is 0 Å². The van der Waals surface area contributed by atoms with Crippen molar-refractivity contribution in [2.45, 2.75) is 26.2 Å². The second-order valence-electron chi connectivity index (χ2n) is 5.11. The van der Waals surface area contributed by atoms with Crippen LogP contribution in [0.3, 0.4) is 0 Å². The fraction of sp³-hybridized carbons (Fsp3) is 0.533. The number of nitrogens with zero attached hydrogens (tertiary/aromatic N) is 1. The van der Waals surface area contributed by atoms with Gasteiger partial charge >= 0.3 is 0 Å². The Labute approximate surface area is 140 Å². The SMILES string of the molecule is CC(C)c1[c-]cc(N(C)C(=O)C2CCOC2)cc1.[Y]. The van der Waals surface area contributed by atoms with E-state index >= 15 is 0 Å². The van der Waals surface area contributed by atoms with Crippen molar-refractivity contribution in [2.75, 3.05) is 25.2 Å². The van der Waals surface area contributed by atoms with Crippen molar-refractivity contribution in [3.05, 3.63) is 29.8 Å². The Kier molecular flexibility index (Phi) is 6.65. The molecule has 0 N–H and O–H groups in total. The van der Waals surface area contributed by atoms with E-state index in [-0.39, 0.29) is 44.5 Å². The number of hydrogen-bond donors (Lipinski definition) is 0. The van der Waals surface area contributed by atoms with Gasteiger partial charge in [-0.2, -0.15) is 23.8 Å². The molecule has 3 nitrogen and oxygen atoms in total. The summed E-state index contributed by atoms with van der Waals surface area (Å²) in [4.78, 5) is 13.9. The van der Waals surface area contributed by atoms with Crippen molar-refractivity contribution in [3.63, 3.8) is 0 Å². The molecular formula is C15H20NO2Y-. The van der Waals surface area contributed by atoms with Crippen LogP contribution in [0.5, 0.6) is 0 Å². The van der Waals surface area contributed by atoms with Gasteiger partial charge in [-0.1, -0.05) is 19.5 Å². The van der Waals surface area contributed by atoms with Crippen LogP contribution in [0.25, 0.3) is 0 Å². The van der Waals surface area contributed by atoms with Crippen LogP contribution in [0, 0.1) is 12.0 Å². The number of hydrogen-bond acceptors (Lipinski definition) is 2. The van der Waals surface area contributed by atoms with E-state index in [2.05, 4.69) is 19.9 Å². The zero-order chi connectivity index (χ0) is 13.1. The summed E-state index contributed by atoms with van der Waals surface area (Å²) in [6, 6.07) is 9.15. The Morgan fingerprint density at radius 1 is 1.47 bits per heavy atom. The van der Waals surface area contributed by atoms with Crippen LogP contribution in [0.1, 0.15) is 31.7 Å². The first-order chi connectivity index (χ1) is 8.59. The molecule has 1 aromatic rings.